The van der Waals surface area contributed by atoms with Crippen LogP contribution < -0.4 is 10.0 Å². The molecule has 2 rings (SSSR count). The van der Waals surface area contributed by atoms with E-state index in [1.54, 1.807) is 12.1 Å². The summed E-state index contributed by atoms with van der Waals surface area (Å²) in [4.78, 5) is 4.19. The first-order valence-electron chi connectivity index (χ1n) is 7.71. The van der Waals surface area contributed by atoms with Crippen LogP contribution in [0, 0.1) is 0 Å². The fraction of sp³-hybridized carbons (Fsp3) is 0.353. The molecule has 1 heterocycles. The lowest BCUT2D eigenvalue weighted by molar-refractivity contribution is 0.598. The number of aromatic nitrogens is 1. The molecular formula is C17H23N3O2S. The average molecular weight is 333 g/mol. The van der Waals surface area contributed by atoms with E-state index in [1.807, 2.05) is 44.2 Å². The van der Waals surface area contributed by atoms with E-state index in [-0.39, 0.29) is 11.8 Å². The molecule has 1 aromatic carbocycles. The Hall–Kier alpha value is -2.08. The highest BCUT2D eigenvalue weighted by Crippen LogP contribution is 2.13. The van der Waals surface area contributed by atoms with Crippen LogP contribution >= 0.6 is 0 Å². The molecule has 0 radical (unpaired) electrons. The van der Waals surface area contributed by atoms with E-state index >= 15 is 0 Å². The van der Waals surface area contributed by atoms with Gasteiger partial charge in [0.2, 0.25) is 10.0 Å². The number of aryl methyl sites for hydroxylation is 1. The predicted molar refractivity (Wildman–Crippen MR) is 95.2 cm³/mol. The van der Waals surface area contributed by atoms with E-state index in [0.29, 0.717) is 12.1 Å². The van der Waals surface area contributed by atoms with Crippen LogP contribution in [0.2, 0.25) is 0 Å². The van der Waals surface area contributed by atoms with E-state index in [1.165, 1.54) is 6.20 Å². The molecule has 0 spiro atoms. The fourth-order valence-electron chi connectivity index (χ4n) is 2.18. The van der Waals surface area contributed by atoms with Crippen molar-refractivity contribution in [2.75, 3.05) is 15.8 Å². The van der Waals surface area contributed by atoms with Gasteiger partial charge in [-0.05, 0) is 44.4 Å². The molecule has 6 heteroatoms. The average Bonchev–Trinajstić information content (AvgIpc) is 2.49. The number of anilines is 2. The number of hydrogen-bond acceptors (Lipinski definition) is 4. The van der Waals surface area contributed by atoms with Gasteiger partial charge in [0.05, 0.1) is 17.6 Å². The Bertz CT molecular complexity index is 698. The maximum absolute atomic E-state index is 12.1. The van der Waals surface area contributed by atoms with Gasteiger partial charge in [-0.25, -0.2) is 13.4 Å². The SMILES string of the molecule is CC(C)Nc1ccc(NS(=O)(=O)CCCc2ccccc2)cn1. The number of hydrogen-bond donors (Lipinski definition) is 2. The smallest absolute Gasteiger partial charge is 0.232 e. The van der Waals surface area contributed by atoms with Crippen LogP contribution in [0.4, 0.5) is 11.5 Å². The zero-order valence-corrected chi connectivity index (χ0v) is 14.3. The van der Waals surface area contributed by atoms with Gasteiger partial charge in [-0.15, -0.1) is 0 Å². The van der Waals surface area contributed by atoms with Gasteiger partial charge in [0.15, 0.2) is 0 Å². The topological polar surface area (TPSA) is 71.1 Å². The maximum atomic E-state index is 12.1. The van der Waals surface area contributed by atoms with Crippen LogP contribution in [0.1, 0.15) is 25.8 Å². The Morgan fingerprint density at radius 3 is 2.43 bits per heavy atom. The van der Waals surface area contributed by atoms with Crippen LogP contribution in [-0.4, -0.2) is 25.2 Å². The molecule has 0 bridgehead atoms. The van der Waals surface area contributed by atoms with Gasteiger partial charge in [-0.3, -0.25) is 4.72 Å². The minimum Gasteiger partial charge on any atom is -0.368 e. The van der Waals surface area contributed by atoms with Crippen LogP contribution in [-0.2, 0) is 16.4 Å². The molecule has 5 nitrogen and oxygen atoms in total. The largest absolute Gasteiger partial charge is 0.368 e. The standard InChI is InChI=1S/C17H23N3O2S/c1-14(2)19-17-11-10-16(13-18-17)20-23(21,22)12-6-9-15-7-4-3-5-8-15/h3-5,7-8,10-11,13-14,20H,6,9,12H2,1-2H3,(H,18,19). The van der Waals surface area contributed by atoms with E-state index in [0.717, 1.165) is 17.8 Å². The summed E-state index contributed by atoms with van der Waals surface area (Å²) in [7, 11) is -3.35. The van der Waals surface area contributed by atoms with Crippen molar-refractivity contribution in [3.05, 3.63) is 54.2 Å². The van der Waals surface area contributed by atoms with Crippen molar-refractivity contribution in [1.82, 2.24) is 4.98 Å². The minimum atomic E-state index is -3.35. The molecule has 0 saturated carbocycles. The molecule has 0 saturated heterocycles. The third-order valence-electron chi connectivity index (χ3n) is 3.19. The van der Waals surface area contributed by atoms with Crippen molar-refractivity contribution in [3.8, 4) is 0 Å². The van der Waals surface area contributed by atoms with Gasteiger partial charge >= 0.3 is 0 Å². The molecule has 0 unspecified atom stereocenters. The third kappa shape index (κ3) is 6.28. The summed E-state index contributed by atoms with van der Waals surface area (Å²) in [5.41, 5.74) is 1.63. The van der Waals surface area contributed by atoms with E-state index < -0.39 is 10.0 Å². The van der Waals surface area contributed by atoms with Crippen molar-refractivity contribution in [2.24, 2.45) is 0 Å². The molecule has 1 aromatic heterocycles. The fourth-order valence-corrected chi connectivity index (χ4v) is 3.28. The second kappa shape index (κ2) is 7.97. The molecule has 23 heavy (non-hydrogen) atoms. The van der Waals surface area contributed by atoms with Gasteiger partial charge in [0.25, 0.3) is 0 Å². The Kier molecular flexibility index (Phi) is 5.98. The van der Waals surface area contributed by atoms with Crippen LogP contribution in [0.15, 0.2) is 48.7 Å². The van der Waals surface area contributed by atoms with Crippen molar-refractivity contribution < 1.29 is 8.42 Å². The summed E-state index contributed by atoms with van der Waals surface area (Å²) >= 11 is 0. The van der Waals surface area contributed by atoms with Crippen molar-refractivity contribution in [3.63, 3.8) is 0 Å². The summed E-state index contributed by atoms with van der Waals surface area (Å²) in [6.07, 6.45) is 2.86. The zero-order valence-electron chi connectivity index (χ0n) is 13.5. The van der Waals surface area contributed by atoms with Crippen molar-refractivity contribution in [2.45, 2.75) is 32.7 Å². The van der Waals surface area contributed by atoms with Gasteiger partial charge in [-0.1, -0.05) is 30.3 Å². The summed E-state index contributed by atoms with van der Waals surface area (Å²) in [6.45, 7) is 4.04. The maximum Gasteiger partial charge on any atom is 0.232 e. The molecule has 0 atom stereocenters. The van der Waals surface area contributed by atoms with Crippen molar-refractivity contribution >= 4 is 21.5 Å². The quantitative estimate of drug-likeness (QED) is 0.778. The van der Waals surface area contributed by atoms with Crippen LogP contribution in [0.25, 0.3) is 0 Å². The zero-order chi connectivity index (χ0) is 16.7. The Morgan fingerprint density at radius 2 is 1.83 bits per heavy atom. The first-order valence-corrected chi connectivity index (χ1v) is 9.37. The summed E-state index contributed by atoms with van der Waals surface area (Å²) in [5.74, 6) is 0.820. The first kappa shape index (κ1) is 17.3. The molecule has 0 aliphatic carbocycles. The Labute approximate surface area is 138 Å². The molecule has 0 amide bonds. The van der Waals surface area contributed by atoms with Crippen LogP contribution in [0.3, 0.4) is 0 Å². The lowest BCUT2D eigenvalue weighted by Gasteiger charge is -2.11. The van der Waals surface area contributed by atoms with E-state index in [2.05, 4.69) is 15.0 Å². The molecule has 2 aromatic rings. The molecule has 0 fully saturated rings. The second-order valence-electron chi connectivity index (χ2n) is 5.74. The second-order valence-corrected chi connectivity index (χ2v) is 7.58. The highest BCUT2D eigenvalue weighted by Gasteiger charge is 2.10. The minimum absolute atomic E-state index is 0.0912. The van der Waals surface area contributed by atoms with E-state index in [4.69, 9.17) is 0 Å². The molecule has 0 aliphatic rings. The Morgan fingerprint density at radius 1 is 1.09 bits per heavy atom. The third-order valence-corrected chi connectivity index (χ3v) is 4.57. The summed E-state index contributed by atoms with van der Waals surface area (Å²) in [5, 5.41) is 3.16. The molecule has 0 aliphatic heterocycles. The van der Waals surface area contributed by atoms with Gasteiger partial charge in [-0.2, -0.15) is 0 Å². The normalized spacial score (nSPS) is 11.4. The number of nitrogens with zero attached hydrogens (tertiary/aromatic N) is 1. The van der Waals surface area contributed by atoms with Crippen LogP contribution in [0.5, 0.6) is 0 Å². The molecule has 124 valence electrons. The molecular weight excluding hydrogens is 310 g/mol. The van der Waals surface area contributed by atoms with Crippen molar-refractivity contribution in [1.29, 1.82) is 0 Å². The number of nitrogens with one attached hydrogen (secondary N) is 2. The highest BCUT2D eigenvalue weighted by molar-refractivity contribution is 7.92. The summed E-state index contributed by atoms with van der Waals surface area (Å²) in [6, 6.07) is 13.6. The lowest BCUT2D eigenvalue weighted by atomic mass is 10.1. The van der Waals surface area contributed by atoms with Gasteiger partial charge in [0.1, 0.15) is 5.82 Å². The Balaban J connectivity index is 1.85. The predicted octanol–water partition coefficient (Wildman–Crippen LogP) is 3.28. The number of benzene rings is 1. The number of rotatable bonds is 8. The highest BCUT2D eigenvalue weighted by atomic mass is 32.2. The van der Waals surface area contributed by atoms with E-state index in [9.17, 15) is 8.42 Å². The number of pyridine rings is 1. The lowest BCUT2D eigenvalue weighted by Crippen LogP contribution is -2.17. The summed E-state index contributed by atoms with van der Waals surface area (Å²) < 4.78 is 26.8. The van der Waals surface area contributed by atoms with Gasteiger partial charge < -0.3 is 5.32 Å². The first-order chi connectivity index (χ1) is 10.9. The molecule has 2 N–H and O–H groups in total. The monoisotopic (exact) mass is 333 g/mol. The number of sulfonamides is 1. The van der Waals surface area contributed by atoms with Gasteiger partial charge in [0, 0.05) is 6.04 Å².